The van der Waals surface area contributed by atoms with Crippen LogP contribution in [0.4, 0.5) is 0 Å². The monoisotopic (exact) mass is 232 g/mol. The van der Waals surface area contributed by atoms with Crippen LogP contribution in [-0.2, 0) is 6.42 Å². The fourth-order valence-electron chi connectivity index (χ4n) is 2.99. The summed E-state index contributed by atoms with van der Waals surface area (Å²) in [5.41, 5.74) is 4.19. The van der Waals surface area contributed by atoms with Gasteiger partial charge in [0.05, 0.1) is 6.10 Å². The Morgan fingerprint density at radius 2 is 1.94 bits per heavy atom. The number of aliphatic hydroxyl groups is 1. The SMILES string of the molecule is Cc1ccc(CCC2CCCCC2O)c(C)c1. The molecule has 1 N–H and O–H groups in total. The van der Waals surface area contributed by atoms with Gasteiger partial charge in [-0.05, 0) is 56.6 Å². The van der Waals surface area contributed by atoms with Crippen molar-refractivity contribution in [3.63, 3.8) is 0 Å². The predicted molar refractivity (Wildman–Crippen MR) is 72.2 cm³/mol. The average Bonchev–Trinajstić information content (AvgIpc) is 2.30. The summed E-state index contributed by atoms with van der Waals surface area (Å²) in [5, 5.41) is 9.96. The zero-order chi connectivity index (χ0) is 12.3. The second kappa shape index (κ2) is 5.68. The first-order chi connectivity index (χ1) is 8.16. The molecule has 1 saturated carbocycles. The van der Waals surface area contributed by atoms with E-state index in [1.807, 2.05) is 0 Å². The highest BCUT2D eigenvalue weighted by atomic mass is 16.3. The van der Waals surface area contributed by atoms with E-state index >= 15 is 0 Å². The van der Waals surface area contributed by atoms with Gasteiger partial charge in [0.25, 0.3) is 0 Å². The summed E-state index contributed by atoms with van der Waals surface area (Å²) in [4.78, 5) is 0. The first-order valence-corrected chi connectivity index (χ1v) is 6.91. The van der Waals surface area contributed by atoms with Crippen LogP contribution in [0.1, 0.15) is 48.8 Å². The smallest absolute Gasteiger partial charge is 0.0568 e. The Kier molecular flexibility index (Phi) is 4.22. The molecule has 0 amide bonds. The van der Waals surface area contributed by atoms with Crippen LogP contribution in [0.25, 0.3) is 0 Å². The highest BCUT2D eigenvalue weighted by Gasteiger charge is 2.22. The fourth-order valence-corrected chi connectivity index (χ4v) is 2.99. The summed E-state index contributed by atoms with van der Waals surface area (Å²) in [6, 6.07) is 6.70. The zero-order valence-corrected chi connectivity index (χ0v) is 11.1. The molecule has 17 heavy (non-hydrogen) atoms. The normalized spacial score (nSPS) is 24.9. The van der Waals surface area contributed by atoms with Crippen molar-refractivity contribution in [2.75, 3.05) is 0 Å². The molecule has 1 aromatic rings. The Morgan fingerprint density at radius 1 is 1.18 bits per heavy atom. The van der Waals surface area contributed by atoms with Gasteiger partial charge in [-0.2, -0.15) is 0 Å². The lowest BCUT2D eigenvalue weighted by molar-refractivity contribution is 0.0655. The van der Waals surface area contributed by atoms with E-state index in [1.54, 1.807) is 0 Å². The molecule has 2 atom stereocenters. The van der Waals surface area contributed by atoms with Crippen LogP contribution in [0, 0.1) is 19.8 Å². The lowest BCUT2D eigenvalue weighted by Crippen LogP contribution is -2.24. The largest absolute Gasteiger partial charge is 0.393 e. The van der Waals surface area contributed by atoms with E-state index in [0.717, 1.165) is 19.3 Å². The first-order valence-electron chi connectivity index (χ1n) is 6.91. The minimum atomic E-state index is -0.0468. The molecule has 0 saturated heterocycles. The summed E-state index contributed by atoms with van der Waals surface area (Å²) in [7, 11) is 0. The Balaban J connectivity index is 1.92. The molecule has 1 aliphatic carbocycles. The van der Waals surface area contributed by atoms with Crippen LogP contribution in [0.3, 0.4) is 0 Å². The lowest BCUT2D eigenvalue weighted by atomic mass is 9.82. The van der Waals surface area contributed by atoms with E-state index < -0.39 is 0 Å². The molecule has 0 radical (unpaired) electrons. The van der Waals surface area contributed by atoms with Crippen LogP contribution in [0.2, 0.25) is 0 Å². The highest BCUT2D eigenvalue weighted by Crippen LogP contribution is 2.28. The van der Waals surface area contributed by atoms with E-state index in [-0.39, 0.29) is 6.10 Å². The van der Waals surface area contributed by atoms with Crippen molar-refractivity contribution in [2.24, 2.45) is 5.92 Å². The summed E-state index contributed by atoms with van der Waals surface area (Å²) < 4.78 is 0. The van der Waals surface area contributed by atoms with Crippen molar-refractivity contribution in [3.8, 4) is 0 Å². The van der Waals surface area contributed by atoms with Crippen molar-refractivity contribution in [2.45, 2.75) is 58.5 Å². The number of aryl methyl sites for hydroxylation is 3. The van der Waals surface area contributed by atoms with Gasteiger partial charge in [-0.3, -0.25) is 0 Å². The van der Waals surface area contributed by atoms with E-state index in [0.29, 0.717) is 5.92 Å². The number of benzene rings is 1. The molecular weight excluding hydrogens is 208 g/mol. The minimum Gasteiger partial charge on any atom is -0.393 e. The highest BCUT2D eigenvalue weighted by molar-refractivity contribution is 5.30. The summed E-state index contributed by atoms with van der Waals surface area (Å²) in [6.45, 7) is 4.33. The molecule has 1 nitrogen and oxygen atoms in total. The maximum atomic E-state index is 9.96. The second-order valence-electron chi connectivity index (χ2n) is 5.58. The van der Waals surface area contributed by atoms with Crippen LogP contribution in [0.15, 0.2) is 18.2 Å². The topological polar surface area (TPSA) is 20.2 Å². The molecule has 2 unspecified atom stereocenters. The van der Waals surface area contributed by atoms with Gasteiger partial charge in [0.1, 0.15) is 0 Å². The van der Waals surface area contributed by atoms with Gasteiger partial charge in [0.15, 0.2) is 0 Å². The van der Waals surface area contributed by atoms with Gasteiger partial charge in [0.2, 0.25) is 0 Å². The van der Waals surface area contributed by atoms with Crippen molar-refractivity contribution in [3.05, 3.63) is 34.9 Å². The Bertz CT molecular complexity index is 370. The van der Waals surface area contributed by atoms with Gasteiger partial charge in [-0.25, -0.2) is 0 Å². The molecule has 1 fully saturated rings. The van der Waals surface area contributed by atoms with Crippen molar-refractivity contribution in [1.82, 2.24) is 0 Å². The Hall–Kier alpha value is -0.820. The predicted octanol–water partition coefficient (Wildman–Crippen LogP) is 3.79. The summed E-state index contributed by atoms with van der Waals surface area (Å²) in [6.07, 6.45) is 6.95. The van der Waals surface area contributed by atoms with Crippen molar-refractivity contribution >= 4 is 0 Å². The van der Waals surface area contributed by atoms with Gasteiger partial charge in [-0.15, -0.1) is 0 Å². The van der Waals surface area contributed by atoms with Crippen LogP contribution >= 0.6 is 0 Å². The molecule has 2 rings (SSSR count). The molecule has 1 heteroatoms. The zero-order valence-electron chi connectivity index (χ0n) is 11.1. The molecule has 0 bridgehead atoms. The number of aliphatic hydroxyl groups excluding tert-OH is 1. The summed E-state index contributed by atoms with van der Waals surface area (Å²) >= 11 is 0. The molecule has 0 spiro atoms. The maximum absolute atomic E-state index is 9.96. The third-order valence-corrected chi connectivity index (χ3v) is 4.15. The fraction of sp³-hybridized carbons (Fsp3) is 0.625. The van der Waals surface area contributed by atoms with Gasteiger partial charge >= 0.3 is 0 Å². The van der Waals surface area contributed by atoms with Gasteiger partial charge in [0, 0.05) is 0 Å². The van der Waals surface area contributed by atoms with Crippen LogP contribution < -0.4 is 0 Å². The molecular formula is C16H24O. The Labute approximate surface area is 105 Å². The van der Waals surface area contributed by atoms with E-state index in [2.05, 4.69) is 32.0 Å². The van der Waals surface area contributed by atoms with Crippen LogP contribution in [0.5, 0.6) is 0 Å². The van der Waals surface area contributed by atoms with Crippen molar-refractivity contribution < 1.29 is 5.11 Å². The van der Waals surface area contributed by atoms with Crippen LogP contribution in [-0.4, -0.2) is 11.2 Å². The molecule has 1 aliphatic rings. The second-order valence-corrected chi connectivity index (χ2v) is 5.58. The molecule has 0 aromatic heterocycles. The third kappa shape index (κ3) is 3.32. The third-order valence-electron chi connectivity index (χ3n) is 4.15. The van der Waals surface area contributed by atoms with E-state index in [1.165, 1.54) is 36.0 Å². The Morgan fingerprint density at radius 3 is 2.65 bits per heavy atom. The number of rotatable bonds is 3. The van der Waals surface area contributed by atoms with Crippen molar-refractivity contribution in [1.29, 1.82) is 0 Å². The minimum absolute atomic E-state index is 0.0468. The number of hydrogen-bond donors (Lipinski definition) is 1. The van der Waals surface area contributed by atoms with Gasteiger partial charge < -0.3 is 5.11 Å². The molecule has 0 aliphatic heterocycles. The standard InChI is InChI=1S/C16H24O/c1-12-7-8-14(13(2)11-12)9-10-15-5-3-4-6-16(15)17/h7-8,11,15-17H,3-6,9-10H2,1-2H3. The molecule has 0 heterocycles. The average molecular weight is 232 g/mol. The van der Waals surface area contributed by atoms with E-state index in [4.69, 9.17) is 0 Å². The first kappa shape index (κ1) is 12.6. The summed E-state index contributed by atoms with van der Waals surface area (Å²) in [5.74, 6) is 0.532. The van der Waals surface area contributed by atoms with Gasteiger partial charge in [-0.1, -0.05) is 36.6 Å². The molecule has 1 aromatic carbocycles. The quantitative estimate of drug-likeness (QED) is 0.840. The van der Waals surface area contributed by atoms with E-state index in [9.17, 15) is 5.11 Å². The molecule has 94 valence electrons. The lowest BCUT2D eigenvalue weighted by Gasteiger charge is -2.27. The number of hydrogen-bond acceptors (Lipinski definition) is 1. The maximum Gasteiger partial charge on any atom is 0.0568 e.